The van der Waals surface area contributed by atoms with Crippen molar-refractivity contribution < 1.29 is 14.6 Å². The van der Waals surface area contributed by atoms with Crippen molar-refractivity contribution in [1.82, 2.24) is 5.32 Å². The lowest BCUT2D eigenvalue weighted by Crippen LogP contribution is -2.19. The second kappa shape index (κ2) is 8.37. The van der Waals surface area contributed by atoms with Crippen molar-refractivity contribution in [3.8, 4) is 11.5 Å². The molecule has 140 valence electrons. The van der Waals surface area contributed by atoms with Crippen LogP contribution in [0.25, 0.3) is 6.08 Å². The molecule has 0 spiro atoms. The van der Waals surface area contributed by atoms with Gasteiger partial charge in [-0.1, -0.05) is 33.6 Å². The summed E-state index contributed by atoms with van der Waals surface area (Å²) >= 11 is 10.7. The first-order valence-electron chi connectivity index (χ1n) is 8.08. The van der Waals surface area contributed by atoms with Crippen LogP contribution in [0.1, 0.15) is 18.1 Å². The van der Waals surface area contributed by atoms with Crippen molar-refractivity contribution in [2.45, 2.75) is 13.8 Å². The number of amides is 1. The van der Waals surface area contributed by atoms with Crippen LogP contribution >= 0.6 is 39.3 Å². The number of hydrogen-bond acceptors (Lipinski definition) is 5. The topological polar surface area (TPSA) is 70.9 Å². The van der Waals surface area contributed by atoms with Gasteiger partial charge in [0.2, 0.25) is 0 Å². The zero-order valence-corrected chi connectivity index (χ0v) is 17.7. The van der Waals surface area contributed by atoms with Gasteiger partial charge in [-0.3, -0.25) is 4.79 Å². The highest BCUT2D eigenvalue weighted by Crippen LogP contribution is 2.37. The van der Waals surface area contributed by atoms with Crippen molar-refractivity contribution in [1.29, 1.82) is 0 Å². The van der Waals surface area contributed by atoms with E-state index in [2.05, 4.69) is 26.2 Å². The van der Waals surface area contributed by atoms with Gasteiger partial charge in [-0.15, -0.1) is 0 Å². The van der Waals surface area contributed by atoms with Crippen LogP contribution in [0, 0.1) is 6.92 Å². The largest absolute Gasteiger partial charge is 0.504 e. The minimum atomic E-state index is -0.283. The van der Waals surface area contributed by atoms with Crippen LogP contribution in [0.4, 0.5) is 5.69 Å². The minimum absolute atomic E-state index is 0.0170. The van der Waals surface area contributed by atoms with E-state index in [9.17, 15) is 9.90 Å². The normalized spacial score (nSPS) is 16.8. The standard InChI is InChI=1S/C19H16BrClN2O3S/c1-3-26-15-8-12(20)6-11(17(15)24)7-16-18(25)23-19(27-16)22-13-5-4-10(2)14(21)9-13/h4-9,24H,3H2,1-2H3,(H,22,23,25). The Morgan fingerprint density at radius 1 is 1.37 bits per heavy atom. The van der Waals surface area contributed by atoms with Gasteiger partial charge in [0.15, 0.2) is 16.7 Å². The molecule has 0 unspecified atom stereocenters. The van der Waals surface area contributed by atoms with Gasteiger partial charge in [0.1, 0.15) is 0 Å². The van der Waals surface area contributed by atoms with Gasteiger partial charge in [-0.05, 0) is 61.5 Å². The summed E-state index contributed by atoms with van der Waals surface area (Å²) in [5.41, 5.74) is 2.09. The van der Waals surface area contributed by atoms with Crippen LogP contribution in [-0.4, -0.2) is 22.8 Å². The van der Waals surface area contributed by atoms with Crippen molar-refractivity contribution in [3.05, 3.63) is 55.9 Å². The second-order valence-corrected chi connectivity index (χ2v) is 8.04. The monoisotopic (exact) mass is 466 g/mol. The Hall–Kier alpha value is -1.96. The number of nitrogens with one attached hydrogen (secondary N) is 1. The first-order valence-corrected chi connectivity index (χ1v) is 10.1. The molecule has 8 heteroatoms. The maximum atomic E-state index is 12.3. The first-order chi connectivity index (χ1) is 12.9. The Balaban J connectivity index is 1.89. The molecule has 2 aromatic rings. The molecule has 27 heavy (non-hydrogen) atoms. The number of ether oxygens (including phenoxy) is 1. The maximum absolute atomic E-state index is 12.3. The predicted octanol–water partition coefficient (Wildman–Crippen LogP) is 5.41. The number of aryl methyl sites for hydroxylation is 1. The summed E-state index contributed by atoms with van der Waals surface area (Å²) in [6, 6.07) is 8.84. The molecule has 1 aliphatic rings. The lowest BCUT2D eigenvalue weighted by molar-refractivity contribution is -0.115. The number of benzene rings is 2. The van der Waals surface area contributed by atoms with E-state index >= 15 is 0 Å². The van der Waals surface area contributed by atoms with Crippen LogP contribution in [0.5, 0.6) is 11.5 Å². The third kappa shape index (κ3) is 4.66. The van der Waals surface area contributed by atoms with E-state index in [1.54, 1.807) is 24.3 Å². The summed E-state index contributed by atoms with van der Waals surface area (Å²) < 4.78 is 6.16. The van der Waals surface area contributed by atoms with Crippen LogP contribution < -0.4 is 10.1 Å². The molecule has 1 aliphatic heterocycles. The molecule has 0 radical (unpaired) electrons. The molecule has 2 N–H and O–H groups in total. The van der Waals surface area contributed by atoms with Gasteiger partial charge in [-0.25, -0.2) is 4.99 Å². The Morgan fingerprint density at radius 3 is 2.85 bits per heavy atom. The van der Waals surface area contributed by atoms with E-state index in [-0.39, 0.29) is 11.7 Å². The molecule has 1 amide bonds. The molecule has 0 aliphatic carbocycles. The fraction of sp³-hybridized carbons (Fsp3) is 0.158. The van der Waals surface area contributed by atoms with Crippen molar-refractivity contribution in [2.24, 2.45) is 4.99 Å². The van der Waals surface area contributed by atoms with E-state index in [4.69, 9.17) is 16.3 Å². The quantitative estimate of drug-likeness (QED) is 0.590. The van der Waals surface area contributed by atoms with Crippen molar-refractivity contribution in [3.63, 3.8) is 0 Å². The number of rotatable bonds is 4. The zero-order valence-electron chi connectivity index (χ0n) is 14.5. The molecule has 0 atom stereocenters. The number of carbonyl (C=O) groups is 1. The van der Waals surface area contributed by atoms with Crippen molar-refractivity contribution in [2.75, 3.05) is 6.61 Å². The molecule has 3 rings (SSSR count). The highest BCUT2D eigenvalue weighted by atomic mass is 79.9. The molecule has 1 saturated heterocycles. The van der Waals surface area contributed by atoms with Gasteiger partial charge >= 0.3 is 0 Å². The fourth-order valence-electron chi connectivity index (χ4n) is 2.36. The summed E-state index contributed by atoms with van der Waals surface area (Å²) in [4.78, 5) is 17.1. The van der Waals surface area contributed by atoms with E-state index in [1.165, 1.54) is 11.8 Å². The molecular formula is C19H16BrClN2O3S. The number of amidine groups is 1. The number of hydrogen-bond donors (Lipinski definition) is 2. The van der Waals surface area contributed by atoms with Gasteiger partial charge in [-0.2, -0.15) is 0 Å². The highest BCUT2D eigenvalue weighted by molar-refractivity contribution is 9.10. The first kappa shape index (κ1) is 19.8. The number of phenols is 1. The smallest absolute Gasteiger partial charge is 0.264 e. The lowest BCUT2D eigenvalue weighted by Gasteiger charge is -2.09. The average Bonchev–Trinajstić information content (AvgIpc) is 2.94. The van der Waals surface area contributed by atoms with Gasteiger partial charge in [0.25, 0.3) is 5.91 Å². The van der Waals surface area contributed by atoms with Crippen LogP contribution in [0.3, 0.4) is 0 Å². The number of phenolic OH excluding ortho intramolecular Hbond substituents is 1. The Bertz CT molecular complexity index is 976. The number of carbonyl (C=O) groups excluding carboxylic acids is 1. The van der Waals surface area contributed by atoms with E-state index in [0.29, 0.717) is 38.7 Å². The zero-order chi connectivity index (χ0) is 19.6. The fourth-order valence-corrected chi connectivity index (χ4v) is 3.82. The number of aliphatic imine (C=N–C) groups is 1. The summed E-state index contributed by atoms with van der Waals surface area (Å²) in [6.07, 6.45) is 1.60. The molecule has 0 bridgehead atoms. The van der Waals surface area contributed by atoms with Crippen molar-refractivity contribution >= 4 is 62.1 Å². The summed E-state index contributed by atoms with van der Waals surface area (Å²) in [5.74, 6) is 0.0521. The van der Waals surface area contributed by atoms with Crippen LogP contribution in [0.2, 0.25) is 5.02 Å². The maximum Gasteiger partial charge on any atom is 0.264 e. The third-order valence-electron chi connectivity index (χ3n) is 3.69. The van der Waals surface area contributed by atoms with E-state index < -0.39 is 0 Å². The van der Waals surface area contributed by atoms with E-state index in [1.807, 2.05) is 26.0 Å². The SMILES string of the molecule is CCOc1cc(Br)cc(C=C2SC(=Nc3ccc(C)c(Cl)c3)NC2=O)c1O. The Labute approximate surface area is 174 Å². The van der Waals surface area contributed by atoms with Gasteiger partial charge in [0.05, 0.1) is 17.2 Å². The Kier molecular flexibility index (Phi) is 6.14. The van der Waals surface area contributed by atoms with Crippen LogP contribution in [0.15, 0.2) is 44.7 Å². The molecule has 1 heterocycles. The number of aromatic hydroxyl groups is 1. The summed E-state index contributed by atoms with van der Waals surface area (Å²) in [6.45, 7) is 4.16. The number of thioether (sulfide) groups is 1. The molecule has 5 nitrogen and oxygen atoms in total. The predicted molar refractivity (Wildman–Crippen MR) is 114 cm³/mol. The molecule has 0 aromatic heterocycles. The molecular weight excluding hydrogens is 452 g/mol. The van der Waals surface area contributed by atoms with Gasteiger partial charge in [0, 0.05) is 15.1 Å². The third-order valence-corrected chi connectivity index (χ3v) is 5.47. The molecule has 2 aromatic carbocycles. The highest BCUT2D eigenvalue weighted by Gasteiger charge is 2.24. The average molecular weight is 468 g/mol. The second-order valence-electron chi connectivity index (χ2n) is 5.69. The van der Waals surface area contributed by atoms with Gasteiger partial charge < -0.3 is 15.2 Å². The summed E-state index contributed by atoms with van der Waals surface area (Å²) in [5, 5.41) is 14.2. The number of halogens is 2. The van der Waals surface area contributed by atoms with Crippen LogP contribution in [-0.2, 0) is 4.79 Å². The minimum Gasteiger partial charge on any atom is -0.504 e. The number of nitrogens with zero attached hydrogens (tertiary/aromatic N) is 1. The molecule has 1 fully saturated rings. The Morgan fingerprint density at radius 2 is 2.15 bits per heavy atom. The molecule has 0 saturated carbocycles. The van der Waals surface area contributed by atoms with E-state index in [0.717, 1.165) is 10.0 Å². The lowest BCUT2D eigenvalue weighted by atomic mass is 10.1. The summed E-state index contributed by atoms with van der Waals surface area (Å²) in [7, 11) is 0.